The van der Waals surface area contributed by atoms with Crippen molar-refractivity contribution in [3.05, 3.63) is 54.5 Å². The molecule has 0 N–H and O–H groups in total. The zero-order chi connectivity index (χ0) is 12.3. The van der Waals surface area contributed by atoms with Gasteiger partial charge in [0, 0.05) is 30.5 Å². The van der Waals surface area contributed by atoms with Crippen molar-refractivity contribution in [1.29, 1.82) is 0 Å². The van der Waals surface area contributed by atoms with Crippen molar-refractivity contribution in [2.45, 2.75) is 13.3 Å². The summed E-state index contributed by atoms with van der Waals surface area (Å²) in [6, 6.07) is 0. The molecule has 0 unspecified atom stereocenters. The maximum absolute atomic E-state index is 5.97. The zero-order valence-corrected chi connectivity index (χ0v) is 10.3. The number of aromatic nitrogens is 2. The van der Waals surface area contributed by atoms with Crippen molar-refractivity contribution >= 4 is 22.5 Å². The molecule has 86 valence electrons. The molecule has 4 heteroatoms. The van der Waals surface area contributed by atoms with Gasteiger partial charge in [-0.15, -0.1) is 0 Å². The first-order valence-corrected chi connectivity index (χ1v) is 5.69. The van der Waals surface area contributed by atoms with Gasteiger partial charge in [-0.25, -0.2) is 9.98 Å². The van der Waals surface area contributed by atoms with E-state index < -0.39 is 0 Å². The van der Waals surface area contributed by atoms with Gasteiger partial charge < -0.3 is 4.57 Å². The van der Waals surface area contributed by atoms with Crippen LogP contribution in [0.2, 0.25) is 0 Å². The van der Waals surface area contributed by atoms with Crippen molar-refractivity contribution < 1.29 is 0 Å². The van der Waals surface area contributed by atoms with E-state index in [-0.39, 0.29) is 0 Å². The van der Waals surface area contributed by atoms with Gasteiger partial charge in [0.25, 0.3) is 0 Å². The average Bonchev–Trinajstić information content (AvgIpc) is 2.72. The zero-order valence-electron chi connectivity index (χ0n) is 9.52. The Labute approximate surface area is 105 Å². The van der Waals surface area contributed by atoms with Gasteiger partial charge in [0.15, 0.2) is 0 Å². The summed E-state index contributed by atoms with van der Waals surface area (Å²) in [7, 11) is 0. The van der Waals surface area contributed by atoms with Gasteiger partial charge in [0.2, 0.25) is 0 Å². The summed E-state index contributed by atoms with van der Waals surface area (Å²) in [6.45, 7) is 5.83. The molecule has 0 saturated heterocycles. The fourth-order valence-electron chi connectivity index (χ4n) is 1.64. The van der Waals surface area contributed by atoms with Crippen LogP contribution >= 0.6 is 11.6 Å². The fraction of sp³-hybridized carbons (Fsp3) is 0.154. The molecular weight excluding hydrogens is 234 g/mol. The van der Waals surface area contributed by atoms with E-state index in [9.17, 15) is 0 Å². The van der Waals surface area contributed by atoms with Gasteiger partial charge >= 0.3 is 0 Å². The third kappa shape index (κ3) is 2.31. The second kappa shape index (κ2) is 5.00. The molecule has 0 fully saturated rings. The van der Waals surface area contributed by atoms with Gasteiger partial charge in [0.05, 0.1) is 11.9 Å². The Morgan fingerprint density at radius 1 is 1.59 bits per heavy atom. The first-order valence-electron chi connectivity index (χ1n) is 5.31. The SMILES string of the molecule is C=CC1=C=CN=C(Cl)C=C1n1ccnc1CC. The number of halogens is 1. The van der Waals surface area contributed by atoms with Gasteiger partial charge in [-0.2, -0.15) is 0 Å². The van der Waals surface area contributed by atoms with E-state index in [2.05, 4.69) is 29.2 Å². The monoisotopic (exact) mass is 245 g/mol. The average molecular weight is 246 g/mol. The lowest BCUT2D eigenvalue weighted by Gasteiger charge is -2.10. The van der Waals surface area contributed by atoms with Crippen LogP contribution in [0.1, 0.15) is 12.7 Å². The van der Waals surface area contributed by atoms with E-state index in [1.807, 2.05) is 10.8 Å². The Morgan fingerprint density at radius 3 is 3.12 bits per heavy atom. The molecule has 1 aliphatic rings. The number of imidazole rings is 1. The molecule has 17 heavy (non-hydrogen) atoms. The third-order valence-electron chi connectivity index (χ3n) is 2.44. The van der Waals surface area contributed by atoms with Crippen molar-refractivity contribution in [3.63, 3.8) is 0 Å². The Balaban J connectivity index is 2.59. The Morgan fingerprint density at radius 2 is 2.41 bits per heavy atom. The summed E-state index contributed by atoms with van der Waals surface area (Å²) >= 11 is 5.97. The van der Waals surface area contributed by atoms with E-state index in [4.69, 9.17) is 11.6 Å². The molecule has 1 aliphatic heterocycles. The van der Waals surface area contributed by atoms with Crippen LogP contribution in [0.25, 0.3) is 5.70 Å². The number of hydrogen-bond donors (Lipinski definition) is 0. The van der Waals surface area contributed by atoms with Gasteiger partial charge in [-0.1, -0.05) is 36.9 Å². The number of nitrogens with zero attached hydrogens (tertiary/aromatic N) is 3. The quantitative estimate of drug-likeness (QED) is 0.753. The first kappa shape index (κ1) is 11.6. The summed E-state index contributed by atoms with van der Waals surface area (Å²) in [5.41, 5.74) is 4.77. The molecule has 0 aromatic carbocycles. The maximum atomic E-state index is 5.97. The van der Waals surface area contributed by atoms with Crippen LogP contribution in [-0.4, -0.2) is 14.7 Å². The fourth-order valence-corrected chi connectivity index (χ4v) is 1.80. The molecule has 0 saturated carbocycles. The minimum Gasteiger partial charge on any atom is -0.302 e. The molecular formula is C13H12ClN3. The summed E-state index contributed by atoms with van der Waals surface area (Å²) in [4.78, 5) is 8.29. The van der Waals surface area contributed by atoms with Crippen LogP contribution in [0.4, 0.5) is 0 Å². The van der Waals surface area contributed by atoms with E-state index >= 15 is 0 Å². The molecule has 0 bridgehead atoms. The Bertz CT molecular complexity index is 569. The molecule has 0 spiro atoms. The lowest BCUT2D eigenvalue weighted by Crippen LogP contribution is -2.03. The number of aryl methyl sites for hydroxylation is 1. The van der Waals surface area contributed by atoms with Crippen LogP contribution in [0.15, 0.2) is 53.6 Å². The maximum Gasteiger partial charge on any atom is 0.131 e. The Hall–Kier alpha value is -1.83. The molecule has 1 aromatic heterocycles. The summed E-state index contributed by atoms with van der Waals surface area (Å²) in [6.07, 6.45) is 9.56. The molecule has 1 aromatic rings. The minimum atomic E-state index is 0.417. The van der Waals surface area contributed by atoms with Crippen molar-refractivity contribution in [2.24, 2.45) is 4.99 Å². The molecule has 3 nitrogen and oxygen atoms in total. The second-order valence-corrected chi connectivity index (χ2v) is 3.83. The predicted molar refractivity (Wildman–Crippen MR) is 71.0 cm³/mol. The van der Waals surface area contributed by atoms with Gasteiger partial charge in [-0.3, -0.25) is 0 Å². The first-order chi connectivity index (χ1) is 8.26. The lowest BCUT2D eigenvalue weighted by atomic mass is 10.2. The van der Waals surface area contributed by atoms with Crippen LogP contribution in [0.3, 0.4) is 0 Å². The molecule has 0 radical (unpaired) electrons. The van der Waals surface area contributed by atoms with Crippen LogP contribution in [0, 0.1) is 0 Å². The van der Waals surface area contributed by atoms with Gasteiger partial charge in [-0.05, 0) is 0 Å². The van der Waals surface area contributed by atoms with Crippen LogP contribution in [-0.2, 0) is 6.42 Å². The highest BCUT2D eigenvalue weighted by Crippen LogP contribution is 2.21. The number of aliphatic imine (C=N–C) groups is 1. The van der Waals surface area contributed by atoms with Crippen LogP contribution in [0.5, 0.6) is 0 Å². The second-order valence-electron chi connectivity index (χ2n) is 3.44. The summed E-state index contributed by atoms with van der Waals surface area (Å²) < 4.78 is 1.97. The summed E-state index contributed by atoms with van der Waals surface area (Å²) in [5.74, 6) is 0.962. The highest BCUT2D eigenvalue weighted by Gasteiger charge is 2.10. The predicted octanol–water partition coefficient (Wildman–Crippen LogP) is 3.16. The van der Waals surface area contributed by atoms with Crippen molar-refractivity contribution in [2.75, 3.05) is 0 Å². The largest absolute Gasteiger partial charge is 0.302 e. The van der Waals surface area contributed by atoms with Crippen molar-refractivity contribution in [1.82, 2.24) is 9.55 Å². The normalized spacial score (nSPS) is 14.8. The highest BCUT2D eigenvalue weighted by molar-refractivity contribution is 6.69. The molecule has 2 rings (SSSR count). The smallest absolute Gasteiger partial charge is 0.131 e. The molecule has 2 heterocycles. The third-order valence-corrected chi connectivity index (χ3v) is 2.64. The topological polar surface area (TPSA) is 30.2 Å². The number of allylic oxidation sites excluding steroid dienone is 4. The van der Waals surface area contributed by atoms with E-state index in [0.717, 1.165) is 23.5 Å². The Kier molecular flexibility index (Phi) is 3.43. The van der Waals surface area contributed by atoms with E-state index in [1.165, 1.54) is 0 Å². The highest BCUT2D eigenvalue weighted by atomic mass is 35.5. The summed E-state index contributed by atoms with van der Waals surface area (Å²) in [5, 5.41) is 0.417. The van der Waals surface area contributed by atoms with E-state index in [1.54, 1.807) is 24.5 Å². The van der Waals surface area contributed by atoms with Crippen LogP contribution < -0.4 is 0 Å². The van der Waals surface area contributed by atoms with Crippen molar-refractivity contribution in [3.8, 4) is 0 Å². The lowest BCUT2D eigenvalue weighted by molar-refractivity contribution is 0.907. The van der Waals surface area contributed by atoms with E-state index in [0.29, 0.717) is 5.17 Å². The van der Waals surface area contributed by atoms with Gasteiger partial charge in [0.1, 0.15) is 11.0 Å². The molecule has 0 aliphatic carbocycles. The minimum absolute atomic E-state index is 0.417. The number of hydrogen-bond acceptors (Lipinski definition) is 2. The number of rotatable bonds is 3. The molecule has 0 atom stereocenters. The standard InChI is InChI=1S/C13H12ClN3/c1-3-10-5-6-15-12(14)9-11(10)17-8-7-16-13(17)4-2/h3,6-9H,1,4H2,2H3. The molecule has 0 amide bonds.